The van der Waals surface area contributed by atoms with Crippen LogP contribution < -0.4 is 10.6 Å². The SMILES string of the molecule is CC(=O)OC(C)OC(=O)CCNC(=O)[C@@H]1CCCN2C(=O)CC[C@H](NC(=O)c3ccccc3)C(=O)N12. The van der Waals surface area contributed by atoms with Gasteiger partial charge in [0.25, 0.3) is 11.8 Å². The molecule has 12 nitrogen and oxygen atoms in total. The van der Waals surface area contributed by atoms with Crippen molar-refractivity contribution in [1.29, 1.82) is 0 Å². The number of rotatable bonds is 8. The van der Waals surface area contributed by atoms with Gasteiger partial charge in [0.15, 0.2) is 0 Å². The average molecular weight is 503 g/mol. The summed E-state index contributed by atoms with van der Waals surface area (Å²) in [5.74, 6) is -3.11. The van der Waals surface area contributed by atoms with E-state index >= 15 is 0 Å². The molecule has 2 aliphatic rings. The number of ether oxygens (including phenoxy) is 2. The molecule has 2 aliphatic heterocycles. The largest absolute Gasteiger partial charge is 0.426 e. The maximum atomic E-state index is 13.4. The zero-order chi connectivity index (χ0) is 26.2. The Balaban J connectivity index is 1.63. The molecule has 4 amide bonds. The van der Waals surface area contributed by atoms with E-state index in [2.05, 4.69) is 10.6 Å². The van der Waals surface area contributed by atoms with Gasteiger partial charge in [-0.05, 0) is 31.4 Å². The van der Waals surface area contributed by atoms with Gasteiger partial charge in [0.05, 0.1) is 6.42 Å². The Morgan fingerprint density at radius 3 is 2.50 bits per heavy atom. The van der Waals surface area contributed by atoms with Gasteiger partial charge in [0.1, 0.15) is 12.1 Å². The summed E-state index contributed by atoms with van der Waals surface area (Å²) in [6.07, 6.45) is -0.254. The number of benzene rings is 1. The minimum atomic E-state index is -1.05. The van der Waals surface area contributed by atoms with Crippen molar-refractivity contribution in [3.8, 4) is 0 Å². The molecule has 12 heteroatoms. The van der Waals surface area contributed by atoms with Crippen LogP contribution in [-0.2, 0) is 33.4 Å². The number of fused-ring (bicyclic) bond motifs is 1. The standard InChI is InChI=1S/C24H30N4O8/c1-15(29)35-16(2)36-21(31)12-13-25-23(33)19-9-6-14-27-20(30)11-10-18(24(34)28(19)27)26-22(32)17-7-4-3-5-8-17/h3-5,7-8,16,18-19H,6,9-14H2,1-2H3,(H,25,33)(H,26,32)/t16?,18-,19-/m0/s1. The number of hydrazine groups is 1. The van der Waals surface area contributed by atoms with Gasteiger partial charge < -0.3 is 20.1 Å². The van der Waals surface area contributed by atoms with Crippen molar-refractivity contribution in [2.24, 2.45) is 0 Å². The van der Waals surface area contributed by atoms with Crippen molar-refractivity contribution in [2.45, 2.75) is 64.3 Å². The molecule has 1 aromatic rings. The van der Waals surface area contributed by atoms with Crippen LogP contribution in [0.3, 0.4) is 0 Å². The van der Waals surface area contributed by atoms with E-state index in [9.17, 15) is 28.8 Å². The lowest BCUT2D eigenvalue weighted by Crippen LogP contribution is -2.63. The second-order valence-corrected chi connectivity index (χ2v) is 8.50. The van der Waals surface area contributed by atoms with Crippen molar-refractivity contribution in [1.82, 2.24) is 20.7 Å². The number of amides is 4. The molecule has 2 N–H and O–H groups in total. The first-order valence-electron chi connectivity index (χ1n) is 11.8. The zero-order valence-corrected chi connectivity index (χ0v) is 20.2. The van der Waals surface area contributed by atoms with E-state index in [1.165, 1.54) is 18.9 Å². The number of nitrogens with one attached hydrogen (secondary N) is 2. The molecular weight excluding hydrogens is 472 g/mol. The molecule has 3 atom stereocenters. The van der Waals surface area contributed by atoms with Crippen LogP contribution in [0.2, 0.25) is 0 Å². The topological polar surface area (TPSA) is 151 Å². The summed E-state index contributed by atoms with van der Waals surface area (Å²) in [4.78, 5) is 74.6. The normalized spacial score (nSPS) is 20.5. The fraction of sp³-hybridized carbons (Fsp3) is 0.500. The third kappa shape index (κ3) is 6.80. The van der Waals surface area contributed by atoms with E-state index in [0.717, 1.165) is 5.01 Å². The molecule has 2 heterocycles. The van der Waals surface area contributed by atoms with Crippen LogP contribution >= 0.6 is 0 Å². The third-order valence-electron chi connectivity index (χ3n) is 5.76. The van der Waals surface area contributed by atoms with Crippen LogP contribution in [0.4, 0.5) is 0 Å². The summed E-state index contributed by atoms with van der Waals surface area (Å²) < 4.78 is 9.64. The molecule has 36 heavy (non-hydrogen) atoms. The average Bonchev–Trinajstić information content (AvgIpc) is 2.96. The minimum Gasteiger partial charge on any atom is -0.426 e. The molecule has 0 aliphatic carbocycles. The molecule has 0 aromatic heterocycles. The van der Waals surface area contributed by atoms with E-state index in [1.807, 2.05) is 0 Å². The van der Waals surface area contributed by atoms with Gasteiger partial charge in [-0.25, -0.2) is 5.01 Å². The number of esters is 2. The van der Waals surface area contributed by atoms with Crippen molar-refractivity contribution in [2.75, 3.05) is 13.1 Å². The summed E-state index contributed by atoms with van der Waals surface area (Å²) >= 11 is 0. The summed E-state index contributed by atoms with van der Waals surface area (Å²) in [7, 11) is 0. The Labute approximate surface area is 208 Å². The molecule has 2 fully saturated rings. The van der Waals surface area contributed by atoms with Crippen LogP contribution in [0.25, 0.3) is 0 Å². The van der Waals surface area contributed by atoms with E-state index in [1.54, 1.807) is 30.3 Å². The Bertz CT molecular complexity index is 1010. The lowest BCUT2D eigenvalue weighted by Gasteiger charge is -2.42. The van der Waals surface area contributed by atoms with Crippen molar-refractivity contribution < 1.29 is 38.2 Å². The predicted molar refractivity (Wildman–Crippen MR) is 123 cm³/mol. The third-order valence-corrected chi connectivity index (χ3v) is 5.76. The molecule has 3 rings (SSSR count). The number of carbonyl (C=O) groups is 6. The van der Waals surface area contributed by atoms with Crippen molar-refractivity contribution >= 4 is 35.6 Å². The summed E-state index contributed by atoms with van der Waals surface area (Å²) in [6.45, 7) is 2.78. The molecule has 194 valence electrons. The smallest absolute Gasteiger partial charge is 0.310 e. The van der Waals surface area contributed by atoms with Gasteiger partial charge in [-0.2, -0.15) is 0 Å². The molecule has 0 radical (unpaired) electrons. The van der Waals surface area contributed by atoms with Gasteiger partial charge in [-0.15, -0.1) is 0 Å². The maximum Gasteiger partial charge on any atom is 0.310 e. The van der Waals surface area contributed by atoms with Crippen LogP contribution in [0, 0.1) is 0 Å². The highest BCUT2D eigenvalue weighted by Crippen LogP contribution is 2.25. The molecule has 0 spiro atoms. The lowest BCUT2D eigenvalue weighted by atomic mass is 10.1. The first-order valence-corrected chi connectivity index (χ1v) is 11.8. The number of nitrogens with zero attached hydrogens (tertiary/aromatic N) is 2. The van der Waals surface area contributed by atoms with Crippen LogP contribution in [0.1, 0.15) is 56.3 Å². The number of hydrogen-bond acceptors (Lipinski definition) is 8. The highest BCUT2D eigenvalue weighted by molar-refractivity contribution is 5.99. The zero-order valence-electron chi connectivity index (χ0n) is 20.2. The second kappa shape index (κ2) is 12.1. The molecule has 0 saturated carbocycles. The molecular formula is C24H30N4O8. The van der Waals surface area contributed by atoms with Gasteiger partial charge in [0, 0.05) is 38.9 Å². The van der Waals surface area contributed by atoms with E-state index in [4.69, 9.17) is 9.47 Å². The van der Waals surface area contributed by atoms with Gasteiger partial charge in [0.2, 0.25) is 18.1 Å². The predicted octanol–water partition coefficient (Wildman–Crippen LogP) is 0.272. The molecule has 0 bridgehead atoms. The highest BCUT2D eigenvalue weighted by Gasteiger charge is 2.44. The fourth-order valence-corrected chi connectivity index (χ4v) is 4.14. The maximum absolute atomic E-state index is 13.4. The lowest BCUT2D eigenvalue weighted by molar-refractivity contribution is -0.182. The van der Waals surface area contributed by atoms with Crippen molar-refractivity contribution in [3.63, 3.8) is 0 Å². The molecule has 2 saturated heterocycles. The summed E-state index contributed by atoms with van der Waals surface area (Å²) in [5, 5.41) is 7.71. The monoisotopic (exact) mass is 502 g/mol. The Morgan fingerprint density at radius 2 is 1.81 bits per heavy atom. The fourth-order valence-electron chi connectivity index (χ4n) is 4.14. The van der Waals surface area contributed by atoms with Gasteiger partial charge >= 0.3 is 11.9 Å². The van der Waals surface area contributed by atoms with Crippen LogP contribution in [0.5, 0.6) is 0 Å². The van der Waals surface area contributed by atoms with Gasteiger partial charge in [-0.1, -0.05) is 18.2 Å². The first-order chi connectivity index (χ1) is 17.2. The Hall–Kier alpha value is -3.96. The van der Waals surface area contributed by atoms with Crippen LogP contribution in [-0.4, -0.2) is 77.0 Å². The Kier molecular flexibility index (Phi) is 8.98. The van der Waals surface area contributed by atoms with Crippen LogP contribution in [0.15, 0.2) is 30.3 Å². The summed E-state index contributed by atoms with van der Waals surface area (Å²) in [5.41, 5.74) is 0.376. The number of hydrogen-bond donors (Lipinski definition) is 2. The van der Waals surface area contributed by atoms with E-state index < -0.39 is 48.0 Å². The number of carbonyl (C=O) groups excluding carboxylic acids is 6. The highest BCUT2D eigenvalue weighted by atomic mass is 16.7. The molecule has 1 unspecified atom stereocenters. The minimum absolute atomic E-state index is 0.0443. The quantitative estimate of drug-likeness (QED) is 0.380. The Morgan fingerprint density at radius 1 is 1.08 bits per heavy atom. The molecule has 1 aromatic carbocycles. The van der Waals surface area contributed by atoms with Crippen molar-refractivity contribution in [3.05, 3.63) is 35.9 Å². The second-order valence-electron chi connectivity index (χ2n) is 8.50. The van der Waals surface area contributed by atoms with E-state index in [0.29, 0.717) is 18.4 Å². The van der Waals surface area contributed by atoms with Gasteiger partial charge in [-0.3, -0.25) is 33.8 Å². The van der Waals surface area contributed by atoms with E-state index in [-0.39, 0.29) is 38.3 Å². The summed E-state index contributed by atoms with van der Waals surface area (Å²) in [6, 6.07) is 6.45. The first kappa shape index (κ1) is 26.6.